The number of amides is 2. The molecule has 28 heavy (non-hydrogen) atoms. The molecule has 2 fully saturated rings. The van der Waals surface area contributed by atoms with Gasteiger partial charge in [-0.25, -0.2) is 8.42 Å². The number of carbonyl (C=O) groups excluding carboxylic acids is 2. The quantitative estimate of drug-likeness (QED) is 0.683. The number of sulfone groups is 1. The van der Waals surface area contributed by atoms with Crippen molar-refractivity contribution in [2.75, 3.05) is 51.3 Å². The number of likely N-dealkylation sites (tertiary alicyclic amines) is 1. The van der Waals surface area contributed by atoms with Crippen LogP contribution in [0.3, 0.4) is 0 Å². The molecule has 2 aliphatic heterocycles. The van der Waals surface area contributed by atoms with Gasteiger partial charge in [0, 0.05) is 45.5 Å². The van der Waals surface area contributed by atoms with Crippen LogP contribution in [-0.2, 0) is 25.8 Å². The molecule has 0 saturated carbocycles. The third-order valence-electron chi connectivity index (χ3n) is 5.52. The van der Waals surface area contributed by atoms with Crippen LogP contribution < -0.4 is 0 Å². The van der Waals surface area contributed by atoms with Gasteiger partial charge in [-0.15, -0.1) is 0 Å². The molecule has 1 unspecified atom stereocenters. The summed E-state index contributed by atoms with van der Waals surface area (Å²) in [7, 11) is -2.98. The number of nitrogens with zero attached hydrogens (tertiary/aromatic N) is 3. The summed E-state index contributed by atoms with van der Waals surface area (Å²) in [6.07, 6.45) is 3.14. The normalized spacial score (nSPS) is 21.1. The fourth-order valence-electron chi connectivity index (χ4n) is 3.89. The summed E-state index contributed by atoms with van der Waals surface area (Å²) in [6, 6.07) is 9.25. The van der Waals surface area contributed by atoms with E-state index in [2.05, 4.69) is 4.90 Å². The van der Waals surface area contributed by atoms with E-state index in [0.29, 0.717) is 52.1 Å². The average Bonchev–Trinajstić information content (AvgIpc) is 3.16. The molecule has 7 nitrogen and oxygen atoms in total. The molecule has 2 amide bonds. The first kappa shape index (κ1) is 20.8. The highest BCUT2D eigenvalue weighted by molar-refractivity contribution is 7.90. The Morgan fingerprint density at radius 3 is 2.36 bits per heavy atom. The first-order valence-corrected chi connectivity index (χ1v) is 11.9. The minimum Gasteiger partial charge on any atom is -0.338 e. The SMILES string of the molecule is CS(=O)(=O)CCN1CCN(C(=O)C2CCCN2C(=O)Cc2ccccc2)CC1. The Labute approximate surface area is 167 Å². The third-order valence-corrected chi connectivity index (χ3v) is 6.44. The first-order valence-electron chi connectivity index (χ1n) is 9.86. The van der Waals surface area contributed by atoms with Crippen molar-refractivity contribution in [2.24, 2.45) is 0 Å². The molecule has 0 bridgehead atoms. The fraction of sp³-hybridized carbons (Fsp3) is 0.600. The maximum Gasteiger partial charge on any atom is 0.245 e. The highest BCUT2D eigenvalue weighted by Gasteiger charge is 2.37. The molecule has 3 rings (SSSR count). The maximum absolute atomic E-state index is 13.0. The number of hydrogen-bond acceptors (Lipinski definition) is 5. The number of hydrogen-bond donors (Lipinski definition) is 0. The number of rotatable bonds is 6. The number of carbonyl (C=O) groups is 2. The molecule has 8 heteroatoms. The lowest BCUT2D eigenvalue weighted by Gasteiger charge is -2.37. The lowest BCUT2D eigenvalue weighted by molar-refractivity contribution is -0.144. The summed E-state index contributed by atoms with van der Waals surface area (Å²) in [4.78, 5) is 31.4. The van der Waals surface area contributed by atoms with E-state index >= 15 is 0 Å². The van der Waals surface area contributed by atoms with Crippen molar-refractivity contribution in [2.45, 2.75) is 25.3 Å². The largest absolute Gasteiger partial charge is 0.338 e. The van der Waals surface area contributed by atoms with Gasteiger partial charge in [-0.2, -0.15) is 0 Å². The average molecular weight is 408 g/mol. The lowest BCUT2D eigenvalue weighted by atomic mass is 10.1. The van der Waals surface area contributed by atoms with Crippen LogP contribution in [-0.4, -0.2) is 92.3 Å². The zero-order chi connectivity index (χ0) is 20.1. The van der Waals surface area contributed by atoms with Gasteiger partial charge in [0.15, 0.2) is 0 Å². The summed E-state index contributed by atoms with van der Waals surface area (Å²) in [6.45, 7) is 3.65. The molecule has 154 valence electrons. The van der Waals surface area contributed by atoms with Crippen LogP contribution in [0, 0.1) is 0 Å². The smallest absolute Gasteiger partial charge is 0.245 e. The molecule has 2 saturated heterocycles. The van der Waals surface area contributed by atoms with E-state index in [0.717, 1.165) is 12.0 Å². The van der Waals surface area contributed by atoms with Gasteiger partial charge in [0.25, 0.3) is 0 Å². The maximum atomic E-state index is 13.0. The van der Waals surface area contributed by atoms with E-state index in [-0.39, 0.29) is 23.6 Å². The Kier molecular flexibility index (Phi) is 6.72. The Morgan fingerprint density at radius 1 is 1.04 bits per heavy atom. The minimum absolute atomic E-state index is 0.00818. The van der Waals surface area contributed by atoms with Crippen molar-refractivity contribution in [1.29, 1.82) is 0 Å². The zero-order valence-corrected chi connectivity index (χ0v) is 17.2. The van der Waals surface area contributed by atoms with Crippen molar-refractivity contribution in [3.63, 3.8) is 0 Å². The number of piperazine rings is 1. The molecule has 0 spiro atoms. The van der Waals surface area contributed by atoms with Gasteiger partial charge in [0.2, 0.25) is 11.8 Å². The summed E-state index contributed by atoms with van der Waals surface area (Å²) in [5.74, 6) is 0.182. The monoisotopic (exact) mass is 407 g/mol. The third kappa shape index (κ3) is 5.54. The Balaban J connectivity index is 1.53. The van der Waals surface area contributed by atoms with Crippen LogP contribution in [0.1, 0.15) is 18.4 Å². The van der Waals surface area contributed by atoms with Gasteiger partial charge in [0.05, 0.1) is 12.2 Å². The summed E-state index contributed by atoms with van der Waals surface area (Å²) in [5.41, 5.74) is 0.963. The van der Waals surface area contributed by atoms with Crippen molar-refractivity contribution in [3.05, 3.63) is 35.9 Å². The predicted octanol–water partition coefficient (Wildman–Crippen LogP) is 0.409. The Hall–Kier alpha value is -1.93. The summed E-state index contributed by atoms with van der Waals surface area (Å²) < 4.78 is 22.6. The molecule has 2 aliphatic rings. The second-order valence-corrected chi connectivity index (χ2v) is 9.96. The standard InChI is InChI=1S/C20H29N3O4S/c1-28(26,27)15-14-21-10-12-22(13-11-21)20(25)18-8-5-9-23(18)19(24)16-17-6-3-2-4-7-17/h2-4,6-7,18H,5,8-16H2,1H3. The topological polar surface area (TPSA) is 78.0 Å². The van der Waals surface area contributed by atoms with Crippen molar-refractivity contribution in [3.8, 4) is 0 Å². The number of benzene rings is 1. The Morgan fingerprint density at radius 2 is 1.71 bits per heavy atom. The van der Waals surface area contributed by atoms with Crippen LogP contribution >= 0.6 is 0 Å². The lowest BCUT2D eigenvalue weighted by Crippen LogP contribution is -2.55. The van der Waals surface area contributed by atoms with E-state index in [1.54, 1.807) is 4.90 Å². The highest BCUT2D eigenvalue weighted by Crippen LogP contribution is 2.21. The van der Waals surface area contributed by atoms with E-state index in [1.807, 2.05) is 35.2 Å². The molecule has 0 aliphatic carbocycles. The molecule has 1 aromatic rings. The van der Waals surface area contributed by atoms with Gasteiger partial charge in [-0.05, 0) is 18.4 Å². The van der Waals surface area contributed by atoms with Crippen LogP contribution in [0.15, 0.2) is 30.3 Å². The zero-order valence-electron chi connectivity index (χ0n) is 16.4. The van der Waals surface area contributed by atoms with E-state index in [1.165, 1.54) is 6.26 Å². The van der Waals surface area contributed by atoms with Crippen molar-refractivity contribution in [1.82, 2.24) is 14.7 Å². The van der Waals surface area contributed by atoms with Crippen LogP contribution in [0.4, 0.5) is 0 Å². The summed E-state index contributed by atoms with van der Waals surface area (Å²) >= 11 is 0. The minimum atomic E-state index is -2.98. The molecular weight excluding hydrogens is 378 g/mol. The second-order valence-electron chi connectivity index (χ2n) is 7.70. The second kappa shape index (κ2) is 9.05. The van der Waals surface area contributed by atoms with Crippen molar-refractivity contribution >= 4 is 21.7 Å². The summed E-state index contributed by atoms with van der Waals surface area (Å²) in [5, 5.41) is 0. The van der Waals surface area contributed by atoms with Gasteiger partial charge in [-0.1, -0.05) is 30.3 Å². The van der Waals surface area contributed by atoms with E-state index in [9.17, 15) is 18.0 Å². The first-order chi connectivity index (χ1) is 13.3. The molecule has 1 atom stereocenters. The van der Waals surface area contributed by atoms with Gasteiger partial charge in [0.1, 0.15) is 15.9 Å². The van der Waals surface area contributed by atoms with Crippen molar-refractivity contribution < 1.29 is 18.0 Å². The molecule has 0 N–H and O–H groups in total. The van der Waals surface area contributed by atoms with Crippen LogP contribution in [0.2, 0.25) is 0 Å². The van der Waals surface area contributed by atoms with Crippen LogP contribution in [0.5, 0.6) is 0 Å². The van der Waals surface area contributed by atoms with Gasteiger partial charge < -0.3 is 9.80 Å². The molecule has 0 radical (unpaired) electrons. The van der Waals surface area contributed by atoms with E-state index in [4.69, 9.17) is 0 Å². The molecule has 1 aromatic carbocycles. The predicted molar refractivity (Wildman–Crippen MR) is 108 cm³/mol. The highest BCUT2D eigenvalue weighted by atomic mass is 32.2. The molecular formula is C20H29N3O4S. The molecule has 0 aromatic heterocycles. The van der Waals surface area contributed by atoms with E-state index < -0.39 is 9.84 Å². The molecule has 2 heterocycles. The fourth-order valence-corrected chi connectivity index (χ4v) is 4.48. The Bertz CT molecular complexity index is 789. The van der Waals surface area contributed by atoms with Crippen LogP contribution in [0.25, 0.3) is 0 Å². The van der Waals surface area contributed by atoms with Gasteiger partial charge in [-0.3, -0.25) is 14.5 Å². The van der Waals surface area contributed by atoms with Gasteiger partial charge >= 0.3 is 0 Å².